The van der Waals surface area contributed by atoms with Crippen LogP contribution in [0.2, 0.25) is 0 Å². The first-order valence-corrected chi connectivity index (χ1v) is 11.6. The van der Waals surface area contributed by atoms with Crippen LogP contribution in [0.3, 0.4) is 0 Å². The van der Waals surface area contributed by atoms with Crippen LogP contribution in [0.5, 0.6) is 11.5 Å². The van der Waals surface area contributed by atoms with Gasteiger partial charge in [-0.25, -0.2) is 0 Å². The van der Waals surface area contributed by atoms with Crippen LogP contribution in [-0.4, -0.2) is 39.2 Å². The van der Waals surface area contributed by atoms with Crippen molar-refractivity contribution >= 4 is 32.0 Å². The van der Waals surface area contributed by atoms with Crippen molar-refractivity contribution in [2.24, 2.45) is 19.3 Å². The number of nitrogens with zero attached hydrogens (tertiary/aromatic N) is 4. The Labute approximate surface area is 185 Å². The van der Waals surface area contributed by atoms with Crippen molar-refractivity contribution < 1.29 is 35.4 Å². The van der Waals surface area contributed by atoms with Crippen LogP contribution < -0.4 is 9.47 Å². The number of rotatable bonds is 10. The Morgan fingerprint density at radius 3 is 1.47 bits per heavy atom. The molecule has 0 aliphatic rings. The fraction of sp³-hybridized carbons (Fsp3) is 0.222. The third kappa shape index (κ3) is 9.30. The van der Waals surface area contributed by atoms with Gasteiger partial charge in [0.1, 0.15) is 36.1 Å². The van der Waals surface area contributed by atoms with Gasteiger partial charge in [-0.2, -0.15) is 16.8 Å². The highest BCUT2D eigenvalue weighted by atomic mass is 32.2. The average Bonchev–Trinajstić information content (AvgIpc) is 2.68. The quantitative estimate of drug-likeness (QED) is 0.288. The highest BCUT2D eigenvalue weighted by Gasteiger charge is 2.07. The molecule has 0 aromatic heterocycles. The molecule has 0 atom stereocenters. The van der Waals surface area contributed by atoms with Crippen molar-refractivity contribution in [3.63, 3.8) is 0 Å². The van der Waals surface area contributed by atoms with Gasteiger partial charge in [0.05, 0.1) is 0 Å². The summed E-state index contributed by atoms with van der Waals surface area (Å²) >= 11 is 0. The van der Waals surface area contributed by atoms with Gasteiger partial charge in [-0.15, -0.1) is 10.2 Å². The largest absolute Gasteiger partial charge is 0.487 e. The molecule has 0 unspecified atom stereocenters. The maximum atomic E-state index is 10.7. The topological polar surface area (TPSA) is 177 Å². The highest BCUT2D eigenvalue weighted by molar-refractivity contribution is 7.84. The fourth-order valence-corrected chi connectivity index (χ4v) is 2.62. The van der Waals surface area contributed by atoms with Crippen molar-refractivity contribution in [2.45, 2.75) is 13.8 Å². The number of hydrogen-bond donors (Lipinski definition) is 2. The first-order valence-electron chi connectivity index (χ1n) is 8.86. The molecule has 0 saturated carbocycles. The summed E-state index contributed by atoms with van der Waals surface area (Å²) in [5, 5.41) is 6.92. The van der Waals surface area contributed by atoms with Gasteiger partial charge < -0.3 is 9.47 Å². The molecule has 0 bridgehead atoms. The minimum atomic E-state index is -4.62. The standard InChI is InChI=1S/C18H20N4O8S2/c1-13-5-7-15(19-21-31(23,24)25)17(11-13)29-9-3-4-10-30-18-12-14(2)6-8-16(18)20-22-32(26,27)28/h3-8,11-12H,9-10H2,1-2H3,(H,23,24,25)(H,26,27,28)/b4-3+,21-19?,22-20?. The maximum absolute atomic E-state index is 10.7. The molecule has 0 aliphatic heterocycles. The second kappa shape index (κ2) is 10.9. The molecular weight excluding hydrogens is 464 g/mol. The summed E-state index contributed by atoms with van der Waals surface area (Å²) in [6, 6.07) is 9.59. The molecule has 14 heteroatoms. The second-order valence-electron chi connectivity index (χ2n) is 6.29. The van der Waals surface area contributed by atoms with Gasteiger partial charge >= 0.3 is 20.6 Å². The van der Waals surface area contributed by atoms with E-state index < -0.39 is 20.6 Å². The molecule has 2 N–H and O–H groups in total. The van der Waals surface area contributed by atoms with E-state index in [9.17, 15) is 16.8 Å². The monoisotopic (exact) mass is 484 g/mol. The highest BCUT2D eigenvalue weighted by Crippen LogP contribution is 2.30. The predicted molar refractivity (Wildman–Crippen MR) is 115 cm³/mol. The van der Waals surface area contributed by atoms with E-state index in [-0.39, 0.29) is 36.1 Å². The molecule has 0 spiro atoms. The lowest BCUT2D eigenvalue weighted by atomic mass is 10.2. The van der Waals surface area contributed by atoms with Crippen LogP contribution >= 0.6 is 0 Å². The van der Waals surface area contributed by atoms with Crippen molar-refractivity contribution in [1.82, 2.24) is 0 Å². The van der Waals surface area contributed by atoms with Gasteiger partial charge in [0, 0.05) is 0 Å². The molecule has 12 nitrogen and oxygen atoms in total. The van der Waals surface area contributed by atoms with E-state index in [0.29, 0.717) is 0 Å². The zero-order chi connectivity index (χ0) is 23.8. The van der Waals surface area contributed by atoms with Crippen LogP contribution in [0, 0.1) is 13.8 Å². The predicted octanol–water partition coefficient (Wildman–Crippen LogP) is 4.09. The molecule has 0 heterocycles. The SMILES string of the molecule is Cc1ccc(N=NS(=O)(=O)O)c(OC/C=C/COc2cc(C)ccc2N=NS(=O)(=O)O)c1. The third-order valence-corrected chi connectivity index (χ3v) is 4.15. The molecule has 0 radical (unpaired) electrons. The van der Waals surface area contributed by atoms with E-state index in [1.54, 1.807) is 50.3 Å². The van der Waals surface area contributed by atoms with Gasteiger partial charge in [-0.05, 0) is 70.4 Å². The van der Waals surface area contributed by atoms with Gasteiger partial charge in [-0.3, -0.25) is 9.11 Å². The number of benzene rings is 2. The Morgan fingerprint density at radius 2 is 1.12 bits per heavy atom. The van der Waals surface area contributed by atoms with Gasteiger partial charge in [0.15, 0.2) is 0 Å². The summed E-state index contributed by atoms with van der Waals surface area (Å²) in [5.41, 5.74) is 1.91. The van der Waals surface area contributed by atoms with E-state index in [2.05, 4.69) is 19.3 Å². The first kappa shape index (κ1) is 25.1. The van der Waals surface area contributed by atoms with Crippen molar-refractivity contribution in [1.29, 1.82) is 0 Å². The van der Waals surface area contributed by atoms with Crippen LogP contribution in [0.1, 0.15) is 11.1 Å². The van der Waals surface area contributed by atoms with Gasteiger partial charge in [0.2, 0.25) is 0 Å². The molecule has 0 aliphatic carbocycles. The van der Waals surface area contributed by atoms with Crippen molar-refractivity contribution in [3.05, 3.63) is 59.7 Å². The summed E-state index contributed by atoms with van der Waals surface area (Å²) in [6.07, 6.45) is 3.25. The van der Waals surface area contributed by atoms with E-state index >= 15 is 0 Å². The lowest BCUT2D eigenvalue weighted by Gasteiger charge is -2.08. The van der Waals surface area contributed by atoms with Crippen LogP contribution in [0.15, 0.2) is 67.8 Å². The molecule has 2 aromatic rings. The van der Waals surface area contributed by atoms with E-state index in [4.69, 9.17) is 18.6 Å². The van der Waals surface area contributed by atoms with E-state index in [1.165, 1.54) is 12.1 Å². The maximum Gasteiger partial charge on any atom is 0.396 e. The summed E-state index contributed by atoms with van der Waals surface area (Å²) < 4.78 is 77.1. The molecule has 0 saturated heterocycles. The minimum absolute atomic E-state index is 0.0876. The Hall–Kier alpha value is -3.20. The lowest BCUT2D eigenvalue weighted by molar-refractivity contribution is 0.351. The second-order valence-corrected chi connectivity index (χ2v) is 8.41. The summed E-state index contributed by atoms with van der Waals surface area (Å²) in [7, 11) is -9.23. The van der Waals surface area contributed by atoms with Crippen molar-refractivity contribution in [2.75, 3.05) is 13.2 Å². The van der Waals surface area contributed by atoms with Gasteiger partial charge in [-0.1, -0.05) is 12.1 Å². The molecule has 0 amide bonds. The summed E-state index contributed by atoms with van der Waals surface area (Å²) in [6.45, 7) is 3.78. The van der Waals surface area contributed by atoms with Gasteiger partial charge in [0.25, 0.3) is 0 Å². The zero-order valence-electron chi connectivity index (χ0n) is 17.0. The number of aryl methyl sites for hydroxylation is 2. The normalized spacial score (nSPS) is 12.8. The Kier molecular flexibility index (Phi) is 8.54. The molecule has 2 aromatic carbocycles. The Morgan fingerprint density at radius 1 is 0.750 bits per heavy atom. The lowest BCUT2D eigenvalue weighted by Crippen LogP contribution is -1.98. The summed E-state index contributed by atoms with van der Waals surface area (Å²) in [5.74, 6) is 0.518. The molecule has 172 valence electrons. The zero-order valence-corrected chi connectivity index (χ0v) is 18.6. The smallest absolute Gasteiger partial charge is 0.396 e. The Bertz CT molecular complexity index is 1160. The molecule has 32 heavy (non-hydrogen) atoms. The summed E-state index contributed by atoms with van der Waals surface area (Å²) in [4.78, 5) is 0. The van der Waals surface area contributed by atoms with Crippen LogP contribution in [0.4, 0.5) is 11.4 Å². The Balaban J connectivity index is 2.00. The third-order valence-electron chi connectivity index (χ3n) is 3.57. The average molecular weight is 485 g/mol. The van der Waals surface area contributed by atoms with E-state index in [1.807, 2.05) is 0 Å². The molecular formula is C18H20N4O8S2. The van der Waals surface area contributed by atoms with E-state index in [0.717, 1.165) is 11.1 Å². The van der Waals surface area contributed by atoms with Crippen molar-refractivity contribution in [3.8, 4) is 11.5 Å². The number of ether oxygens (including phenoxy) is 2. The number of hydrogen-bond acceptors (Lipinski definition) is 8. The minimum Gasteiger partial charge on any atom is -0.487 e. The first-order chi connectivity index (χ1) is 14.9. The molecule has 2 rings (SSSR count). The fourth-order valence-electron chi connectivity index (χ4n) is 2.24. The molecule has 0 fully saturated rings. The van der Waals surface area contributed by atoms with Crippen LogP contribution in [0.25, 0.3) is 0 Å². The van der Waals surface area contributed by atoms with Crippen LogP contribution in [-0.2, 0) is 20.6 Å².